The van der Waals surface area contributed by atoms with Gasteiger partial charge in [0.25, 0.3) is 5.91 Å². The van der Waals surface area contributed by atoms with Crippen LogP contribution in [0.3, 0.4) is 0 Å². The lowest BCUT2D eigenvalue weighted by Gasteiger charge is -2.16. The minimum Gasteiger partial charge on any atom is -0.451 e. The fourth-order valence-electron chi connectivity index (χ4n) is 2.78. The first-order valence-electron chi connectivity index (χ1n) is 7.96. The van der Waals surface area contributed by atoms with Crippen molar-refractivity contribution in [2.24, 2.45) is 5.92 Å². The summed E-state index contributed by atoms with van der Waals surface area (Å²) in [6.07, 6.45) is 3.03. The Labute approximate surface area is 147 Å². The SMILES string of the molecule is C[C@@H]1CCc2sc(C(=O)OCC(=O)Nc3ccc(F)c(F)c3)cc2C1. The second kappa shape index (κ2) is 7.31. The highest BCUT2D eigenvalue weighted by atomic mass is 32.1. The maximum Gasteiger partial charge on any atom is 0.348 e. The molecule has 25 heavy (non-hydrogen) atoms. The average molecular weight is 365 g/mol. The molecule has 1 aliphatic rings. The summed E-state index contributed by atoms with van der Waals surface area (Å²) in [6, 6.07) is 4.84. The van der Waals surface area contributed by atoms with E-state index in [-0.39, 0.29) is 5.69 Å². The van der Waals surface area contributed by atoms with Crippen LogP contribution in [0, 0.1) is 17.6 Å². The lowest BCUT2D eigenvalue weighted by atomic mass is 9.90. The van der Waals surface area contributed by atoms with E-state index in [0.717, 1.165) is 31.4 Å². The van der Waals surface area contributed by atoms with E-state index in [1.807, 2.05) is 6.07 Å². The first-order chi connectivity index (χ1) is 11.9. The molecule has 1 aromatic carbocycles. The van der Waals surface area contributed by atoms with Crippen LogP contribution >= 0.6 is 11.3 Å². The molecular formula is C18H17F2NO3S. The Kier molecular flexibility index (Phi) is 5.13. The number of carbonyl (C=O) groups is 2. The van der Waals surface area contributed by atoms with Crippen LogP contribution in [-0.4, -0.2) is 18.5 Å². The van der Waals surface area contributed by atoms with Crippen molar-refractivity contribution >= 4 is 28.9 Å². The molecule has 0 saturated carbocycles. The summed E-state index contributed by atoms with van der Waals surface area (Å²) in [4.78, 5) is 25.6. The average Bonchev–Trinajstić information content (AvgIpc) is 2.99. The quantitative estimate of drug-likeness (QED) is 0.835. The van der Waals surface area contributed by atoms with E-state index in [9.17, 15) is 18.4 Å². The molecule has 0 aliphatic heterocycles. The number of esters is 1. The zero-order valence-corrected chi connectivity index (χ0v) is 14.4. The maximum absolute atomic E-state index is 13.1. The summed E-state index contributed by atoms with van der Waals surface area (Å²) >= 11 is 1.41. The van der Waals surface area contributed by atoms with E-state index in [0.29, 0.717) is 10.8 Å². The standard InChI is InChI=1S/C18H17F2NO3S/c1-10-2-5-15-11(6-10)7-16(25-15)18(23)24-9-17(22)21-12-3-4-13(19)14(20)8-12/h3-4,7-8,10H,2,5-6,9H2,1H3,(H,21,22)/t10-/m1/s1. The van der Waals surface area contributed by atoms with Crippen molar-refractivity contribution in [1.82, 2.24) is 0 Å². The molecule has 0 saturated heterocycles. The van der Waals surface area contributed by atoms with Crippen molar-refractivity contribution in [2.45, 2.75) is 26.2 Å². The number of benzene rings is 1. The van der Waals surface area contributed by atoms with Crippen LogP contribution in [0.2, 0.25) is 0 Å². The number of ether oxygens (including phenoxy) is 1. The number of anilines is 1. The molecule has 132 valence electrons. The van der Waals surface area contributed by atoms with Crippen LogP contribution in [0.5, 0.6) is 0 Å². The normalized spacial score (nSPS) is 16.2. The number of halogens is 2. The molecule has 0 fully saturated rings. The lowest BCUT2D eigenvalue weighted by molar-refractivity contribution is -0.119. The van der Waals surface area contributed by atoms with Crippen LogP contribution in [0.1, 0.15) is 33.5 Å². The summed E-state index contributed by atoms with van der Waals surface area (Å²) in [7, 11) is 0. The molecule has 1 amide bonds. The number of thiophene rings is 1. The number of amides is 1. The first kappa shape index (κ1) is 17.5. The van der Waals surface area contributed by atoms with E-state index in [1.54, 1.807) is 0 Å². The molecule has 1 atom stereocenters. The number of fused-ring (bicyclic) bond motifs is 1. The van der Waals surface area contributed by atoms with Gasteiger partial charge in [-0.1, -0.05) is 6.92 Å². The Balaban J connectivity index is 1.55. The fraction of sp³-hybridized carbons (Fsp3) is 0.333. The van der Waals surface area contributed by atoms with E-state index in [2.05, 4.69) is 12.2 Å². The fourth-order valence-corrected chi connectivity index (χ4v) is 3.88. The number of carbonyl (C=O) groups excluding carboxylic acids is 2. The van der Waals surface area contributed by atoms with Gasteiger partial charge in [-0.15, -0.1) is 11.3 Å². The topological polar surface area (TPSA) is 55.4 Å². The summed E-state index contributed by atoms with van der Waals surface area (Å²) < 4.78 is 31.0. The van der Waals surface area contributed by atoms with Crippen LogP contribution < -0.4 is 5.32 Å². The molecule has 0 unspecified atom stereocenters. The molecular weight excluding hydrogens is 348 g/mol. The predicted molar refractivity (Wildman–Crippen MR) is 90.8 cm³/mol. The third kappa shape index (κ3) is 4.22. The summed E-state index contributed by atoms with van der Waals surface area (Å²) in [5.74, 6) is -2.62. The van der Waals surface area contributed by atoms with Gasteiger partial charge in [-0.2, -0.15) is 0 Å². The molecule has 0 radical (unpaired) electrons. The molecule has 0 bridgehead atoms. The van der Waals surface area contributed by atoms with Crippen molar-refractivity contribution < 1.29 is 23.1 Å². The zero-order valence-electron chi connectivity index (χ0n) is 13.6. The predicted octanol–water partition coefficient (Wildman–Crippen LogP) is 3.95. The van der Waals surface area contributed by atoms with Gasteiger partial charge in [0, 0.05) is 16.6 Å². The monoisotopic (exact) mass is 365 g/mol. The molecule has 4 nitrogen and oxygen atoms in total. The van der Waals surface area contributed by atoms with Gasteiger partial charge in [0.05, 0.1) is 0 Å². The molecule has 7 heteroatoms. The molecule has 1 N–H and O–H groups in total. The van der Waals surface area contributed by atoms with E-state index in [1.165, 1.54) is 27.8 Å². The minimum atomic E-state index is -1.06. The Morgan fingerprint density at radius 1 is 1.28 bits per heavy atom. The van der Waals surface area contributed by atoms with Gasteiger partial charge in [0.15, 0.2) is 18.2 Å². The van der Waals surface area contributed by atoms with Gasteiger partial charge >= 0.3 is 5.97 Å². The number of hydrogen-bond acceptors (Lipinski definition) is 4. The molecule has 3 rings (SSSR count). The highest BCUT2D eigenvalue weighted by Crippen LogP contribution is 2.32. The molecule has 1 heterocycles. The Morgan fingerprint density at radius 2 is 2.08 bits per heavy atom. The highest BCUT2D eigenvalue weighted by Gasteiger charge is 2.21. The molecule has 1 aromatic heterocycles. The molecule has 1 aliphatic carbocycles. The van der Waals surface area contributed by atoms with Gasteiger partial charge in [-0.05, 0) is 48.9 Å². The zero-order chi connectivity index (χ0) is 18.0. The van der Waals surface area contributed by atoms with Crippen LogP contribution in [0.15, 0.2) is 24.3 Å². The second-order valence-electron chi connectivity index (χ2n) is 6.16. The molecule has 2 aromatic rings. The first-order valence-corrected chi connectivity index (χ1v) is 8.77. The van der Waals surface area contributed by atoms with E-state index in [4.69, 9.17) is 4.74 Å². The summed E-state index contributed by atoms with van der Waals surface area (Å²) in [5.41, 5.74) is 1.28. The second-order valence-corrected chi connectivity index (χ2v) is 7.30. The van der Waals surface area contributed by atoms with Crippen molar-refractivity contribution in [2.75, 3.05) is 11.9 Å². The third-order valence-electron chi connectivity index (χ3n) is 4.07. The van der Waals surface area contributed by atoms with Crippen molar-refractivity contribution in [1.29, 1.82) is 0 Å². The van der Waals surface area contributed by atoms with Gasteiger partial charge in [-0.25, -0.2) is 13.6 Å². The van der Waals surface area contributed by atoms with Gasteiger partial charge in [0.2, 0.25) is 0 Å². The van der Waals surface area contributed by atoms with Gasteiger partial charge < -0.3 is 10.1 Å². The largest absolute Gasteiger partial charge is 0.451 e. The van der Waals surface area contributed by atoms with Crippen LogP contribution in [-0.2, 0) is 22.4 Å². The summed E-state index contributed by atoms with van der Waals surface area (Å²) in [5, 5.41) is 2.35. The highest BCUT2D eigenvalue weighted by molar-refractivity contribution is 7.14. The maximum atomic E-state index is 13.1. The van der Waals surface area contributed by atoms with Crippen LogP contribution in [0.4, 0.5) is 14.5 Å². The summed E-state index contributed by atoms with van der Waals surface area (Å²) in [6.45, 7) is 1.69. The smallest absolute Gasteiger partial charge is 0.348 e. The number of rotatable bonds is 4. The Morgan fingerprint density at radius 3 is 2.84 bits per heavy atom. The van der Waals surface area contributed by atoms with E-state index < -0.39 is 30.1 Å². The van der Waals surface area contributed by atoms with Crippen LogP contribution in [0.25, 0.3) is 0 Å². The van der Waals surface area contributed by atoms with Gasteiger partial charge in [0.1, 0.15) is 4.88 Å². The number of aryl methyl sites for hydroxylation is 1. The number of hydrogen-bond donors (Lipinski definition) is 1. The number of nitrogens with one attached hydrogen (secondary N) is 1. The minimum absolute atomic E-state index is 0.0977. The molecule has 0 spiro atoms. The third-order valence-corrected chi connectivity index (χ3v) is 5.29. The van der Waals surface area contributed by atoms with Crippen molar-refractivity contribution in [3.8, 4) is 0 Å². The lowest BCUT2D eigenvalue weighted by Crippen LogP contribution is -2.20. The van der Waals surface area contributed by atoms with E-state index >= 15 is 0 Å². The van der Waals surface area contributed by atoms with Crippen molar-refractivity contribution in [3.05, 3.63) is 51.2 Å². The Hall–Kier alpha value is -2.28. The van der Waals surface area contributed by atoms with Crippen molar-refractivity contribution in [3.63, 3.8) is 0 Å². The Bertz CT molecular complexity index is 819. The van der Waals surface area contributed by atoms with Gasteiger partial charge in [-0.3, -0.25) is 4.79 Å².